The van der Waals surface area contributed by atoms with Crippen molar-refractivity contribution in [2.75, 3.05) is 0 Å². The summed E-state index contributed by atoms with van der Waals surface area (Å²) in [5, 5.41) is 5.46. The van der Waals surface area contributed by atoms with Crippen LogP contribution in [0.5, 0.6) is 0 Å². The molecule has 0 aliphatic heterocycles. The molecule has 2 heterocycles. The SMILES string of the molecule is Cc1nc2sccn2c1CN[C@H](C)c1cccc(F)c1. The summed E-state index contributed by atoms with van der Waals surface area (Å²) in [6.07, 6.45) is 2.03. The average molecular weight is 289 g/mol. The van der Waals surface area contributed by atoms with Crippen LogP contribution >= 0.6 is 11.3 Å². The molecule has 0 saturated carbocycles. The van der Waals surface area contributed by atoms with Gasteiger partial charge < -0.3 is 5.32 Å². The van der Waals surface area contributed by atoms with Crippen molar-refractivity contribution in [2.45, 2.75) is 26.4 Å². The largest absolute Gasteiger partial charge is 0.305 e. The lowest BCUT2D eigenvalue weighted by atomic mass is 10.1. The van der Waals surface area contributed by atoms with E-state index in [1.165, 1.54) is 6.07 Å². The highest BCUT2D eigenvalue weighted by Gasteiger charge is 2.11. The van der Waals surface area contributed by atoms with Gasteiger partial charge in [-0.1, -0.05) is 12.1 Å². The van der Waals surface area contributed by atoms with Gasteiger partial charge in [-0.3, -0.25) is 4.40 Å². The predicted molar refractivity (Wildman–Crippen MR) is 79.5 cm³/mol. The second-order valence-corrected chi connectivity index (χ2v) is 5.73. The highest BCUT2D eigenvalue weighted by atomic mass is 32.1. The number of hydrogen-bond acceptors (Lipinski definition) is 3. The number of nitrogens with one attached hydrogen (secondary N) is 1. The van der Waals surface area contributed by atoms with E-state index < -0.39 is 0 Å². The summed E-state index contributed by atoms with van der Waals surface area (Å²) in [5.41, 5.74) is 3.15. The molecule has 0 saturated heterocycles. The van der Waals surface area contributed by atoms with Crippen LogP contribution in [0.25, 0.3) is 4.96 Å². The minimum Gasteiger partial charge on any atom is -0.305 e. The smallest absolute Gasteiger partial charge is 0.194 e. The lowest BCUT2D eigenvalue weighted by Gasteiger charge is -2.14. The van der Waals surface area contributed by atoms with Crippen molar-refractivity contribution < 1.29 is 4.39 Å². The Balaban J connectivity index is 1.76. The molecule has 0 unspecified atom stereocenters. The molecule has 0 fully saturated rings. The number of aryl methyl sites for hydroxylation is 1. The van der Waals surface area contributed by atoms with Gasteiger partial charge in [0.25, 0.3) is 0 Å². The number of aromatic nitrogens is 2. The Bertz CT molecular complexity index is 732. The number of imidazole rings is 1. The zero-order chi connectivity index (χ0) is 14.1. The first-order valence-electron chi connectivity index (χ1n) is 6.55. The van der Waals surface area contributed by atoms with Crippen LogP contribution in [0.1, 0.15) is 29.9 Å². The summed E-state index contributed by atoms with van der Waals surface area (Å²) in [6, 6.07) is 6.80. The molecule has 20 heavy (non-hydrogen) atoms. The number of thiazole rings is 1. The number of fused-ring (bicyclic) bond motifs is 1. The lowest BCUT2D eigenvalue weighted by molar-refractivity contribution is 0.556. The average Bonchev–Trinajstić information content (AvgIpc) is 2.97. The third kappa shape index (κ3) is 2.46. The molecule has 1 atom stereocenters. The first kappa shape index (κ1) is 13.3. The van der Waals surface area contributed by atoms with E-state index in [0.717, 1.165) is 21.9 Å². The lowest BCUT2D eigenvalue weighted by Crippen LogP contribution is -2.19. The fourth-order valence-electron chi connectivity index (χ4n) is 2.30. The van der Waals surface area contributed by atoms with Crippen molar-refractivity contribution in [3.05, 3.63) is 58.6 Å². The Hall–Kier alpha value is -1.72. The first-order chi connectivity index (χ1) is 9.65. The molecule has 3 nitrogen and oxygen atoms in total. The molecule has 0 spiro atoms. The summed E-state index contributed by atoms with van der Waals surface area (Å²) in [6.45, 7) is 4.76. The molecule has 0 aliphatic carbocycles. The van der Waals surface area contributed by atoms with Gasteiger partial charge in [0.2, 0.25) is 0 Å². The van der Waals surface area contributed by atoms with Crippen LogP contribution in [0, 0.1) is 12.7 Å². The molecule has 1 N–H and O–H groups in total. The molecule has 3 aromatic rings. The molecule has 0 radical (unpaired) electrons. The van der Waals surface area contributed by atoms with Crippen molar-refractivity contribution in [3.63, 3.8) is 0 Å². The number of halogens is 1. The van der Waals surface area contributed by atoms with Gasteiger partial charge in [-0.2, -0.15) is 0 Å². The maximum Gasteiger partial charge on any atom is 0.194 e. The topological polar surface area (TPSA) is 29.3 Å². The quantitative estimate of drug-likeness (QED) is 0.793. The Morgan fingerprint density at radius 1 is 1.45 bits per heavy atom. The molecular weight excluding hydrogens is 273 g/mol. The van der Waals surface area contributed by atoms with Crippen molar-refractivity contribution >= 4 is 16.3 Å². The predicted octanol–water partition coefficient (Wildman–Crippen LogP) is 3.69. The van der Waals surface area contributed by atoms with Crippen LogP contribution in [0.2, 0.25) is 0 Å². The zero-order valence-electron chi connectivity index (χ0n) is 11.4. The Kier molecular flexibility index (Phi) is 3.54. The minimum atomic E-state index is -0.197. The third-order valence-corrected chi connectivity index (χ3v) is 4.24. The van der Waals surface area contributed by atoms with E-state index >= 15 is 0 Å². The second kappa shape index (κ2) is 5.34. The third-order valence-electron chi connectivity index (χ3n) is 3.49. The summed E-state index contributed by atoms with van der Waals surface area (Å²) < 4.78 is 15.3. The first-order valence-corrected chi connectivity index (χ1v) is 7.43. The molecular formula is C15H16FN3S. The molecule has 0 aliphatic rings. The summed E-state index contributed by atoms with van der Waals surface area (Å²) in [5.74, 6) is -0.197. The fourth-order valence-corrected chi connectivity index (χ4v) is 3.08. The molecule has 0 amide bonds. The van der Waals surface area contributed by atoms with Crippen LogP contribution in [0.4, 0.5) is 4.39 Å². The van der Waals surface area contributed by atoms with E-state index in [1.54, 1.807) is 23.5 Å². The van der Waals surface area contributed by atoms with Crippen LogP contribution in [0.3, 0.4) is 0 Å². The maximum absolute atomic E-state index is 13.2. The molecule has 0 bridgehead atoms. The minimum absolute atomic E-state index is 0.0919. The summed E-state index contributed by atoms with van der Waals surface area (Å²) in [7, 11) is 0. The van der Waals surface area contributed by atoms with E-state index in [4.69, 9.17) is 0 Å². The monoisotopic (exact) mass is 289 g/mol. The Labute approximate surface area is 121 Å². The van der Waals surface area contributed by atoms with Crippen molar-refractivity contribution in [1.29, 1.82) is 0 Å². The number of benzene rings is 1. The van der Waals surface area contributed by atoms with Crippen molar-refractivity contribution in [2.24, 2.45) is 0 Å². The van der Waals surface area contributed by atoms with Gasteiger partial charge in [0.15, 0.2) is 4.96 Å². The second-order valence-electron chi connectivity index (χ2n) is 4.86. The van der Waals surface area contributed by atoms with E-state index in [9.17, 15) is 4.39 Å². The van der Waals surface area contributed by atoms with Gasteiger partial charge >= 0.3 is 0 Å². The maximum atomic E-state index is 13.2. The van der Waals surface area contributed by atoms with Gasteiger partial charge in [-0.25, -0.2) is 9.37 Å². The van der Waals surface area contributed by atoms with Gasteiger partial charge in [0.05, 0.1) is 11.4 Å². The van der Waals surface area contributed by atoms with Gasteiger partial charge in [-0.05, 0) is 31.5 Å². The zero-order valence-corrected chi connectivity index (χ0v) is 12.2. The van der Waals surface area contributed by atoms with Crippen molar-refractivity contribution in [3.8, 4) is 0 Å². The van der Waals surface area contributed by atoms with Crippen LogP contribution < -0.4 is 5.32 Å². The number of hydrogen-bond donors (Lipinski definition) is 1. The van der Waals surface area contributed by atoms with Crippen LogP contribution in [0.15, 0.2) is 35.8 Å². The van der Waals surface area contributed by atoms with Gasteiger partial charge in [0.1, 0.15) is 5.82 Å². The Morgan fingerprint density at radius 3 is 3.10 bits per heavy atom. The van der Waals surface area contributed by atoms with E-state index in [0.29, 0.717) is 6.54 Å². The van der Waals surface area contributed by atoms with Crippen molar-refractivity contribution in [1.82, 2.24) is 14.7 Å². The Morgan fingerprint density at radius 2 is 2.30 bits per heavy atom. The van der Waals surface area contributed by atoms with Crippen LogP contribution in [-0.4, -0.2) is 9.38 Å². The van der Waals surface area contributed by atoms with Gasteiger partial charge in [0, 0.05) is 24.2 Å². The normalized spacial score (nSPS) is 12.9. The van der Waals surface area contributed by atoms with Gasteiger partial charge in [-0.15, -0.1) is 11.3 Å². The molecule has 1 aromatic carbocycles. The number of rotatable bonds is 4. The standard InChI is InChI=1S/C15H16FN3S/c1-10(12-4-3-5-13(16)8-12)17-9-14-11(2)18-15-19(14)6-7-20-15/h3-8,10,17H,9H2,1-2H3/t10-/m1/s1. The molecule has 2 aromatic heterocycles. The van der Waals surface area contributed by atoms with E-state index in [-0.39, 0.29) is 11.9 Å². The van der Waals surface area contributed by atoms with E-state index in [2.05, 4.69) is 14.7 Å². The summed E-state index contributed by atoms with van der Waals surface area (Å²) in [4.78, 5) is 5.53. The molecule has 104 valence electrons. The fraction of sp³-hybridized carbons (Fsp3) is 0.267. The molecule has 5 heteroatoms. The van der Waals surface area contributed by atoms with Crippen LogP contribution in [-0.2, 0) is 6.54 Å². The number of nitrogens with zero attached hydrogens (tertiary/aromatic N) is 2. The highest BCUT2D eigenvalue weighted by Crippen LogP contribution is 2.18. The molecule has 3 rings (SSSR count). The highest BCUT2D eigenvalue weighted by molar-refractivity contribution is 7.15. The summed E-state index contributed by atoms with van der Waals surface area (Å²) >= 11 is 1.63. The van der Waals surface area contributed by atoms with E-state index in [1.807, 2.05) is 31.5 Å².